The van der Waals surface area contributed by atoms with E-state index in [1.54, 1.807) is 7.05 Å². The summed E-state index contributed by atoms with van der Waals surface area (Å²) in [4.78, 5) is 21.5. The predicted molar refractivity (Wildman–Crippen MR) is 96.7 cm³/mol. The molecule has 30 heavy (non-hydrogen) atoms. The second-order valence-electron chi connectivity index (χ2n) is 6.68. The predicted octanol–water partition coefficient (Wildman–Crippen LogP) is -1.95. The minimum atomic E-state index is -4.20. The molecule has 1 fully saturated rings. The first-order valence-electron chi connectivity index (χ1n) is 8.76. The highest BCUT2D eigenvalue weighted by Crippen LogP contribution is 2.44. The standard InChI is InChI=1S/C15H20N7O7P/c1-20-7-22(12-9(20)13(24)19-15(16)18-12)14-10(23)11(27-2)8(29-14)5-28-30(25,26)21-4-3-17-6-21/h3-4,6-8,10-11,14,23H,5H2,1-2H3,(H3-,16,18,19,24,25,26). The lowest BCUT2D eigenvalue weighted by Gasteiger charge is -2.19. The summed E-state index contributed by atoms with van der Waals surface area (Å²) in [5.41, 5.74) is 5.94. The van der Waals surface area contributed by atoms with Crippen LogP contribution < -0.4 is 15.4 Å². The van der Waals surface area contributed by atoms with Gasteiger partial charge in [0.05, 0.1) is 13.7 Å². The lowest BCUT2D eigenvalue weighted by Crippen LogP contribution is -2.46. The molecule has 0 radical (unpaired) electrons. The number of aliphatic hydroxyl groups excluding tert-OH is 1. The van der Waals surface area contributed by atoms with Crippen molar-refractivity contribution in [2.75, 3.05) is 19.5 Å². The van der Waals surface area contributed by atoms with E-state index in [9.17, 15) is 19.7 Å². The van der Waals surface area contributed by atoms with Crippen LogP contribution in [0.4, 0.5) is 5.95 Å². The summed E-state index contributed by atoms with van der Waals surface area (Å²) >= 11 is 0. The Balaban J connectivity index is 1.61. The number of hydrogen-bond donors (Lipinski definition) is 3. The largest absolute Gasteiger partial charge is 0.856 e. The number of hydrogen-bond acceptors (Lipinski definition) is 10. The molecular weight excluding hydrogens is 421 g/mol. The fraction of sp³-hybridized carbons (Fsp3) is 0.467. The zero-order chi connectivity index (χ0) is 21.6. The molecule has 3 aromatic rings. The lowest BCUT2D eigenvalue weighted by atomic mass is 10.1. The fourth-order valence-corrected chi connectivity index (χ4v) is 4.32. The van der Waals surface area contributed by atoms with Gasteiger partial charge in [-0.05, 0) is 0 Å². The molecule has 1 aliphatic rings. The molecule has 5 unspecified atom stereocenters. The highest BCUT2D eigenvalue weighted by Gasteiger charge is 2.48. The van der Waals surface area contributed by atoms with E-state index >= 15 is 0 Å². The van der Waals surface area contributed by atoms with Gasteiger partial charge in [-0.1, -0.05) is 4.98 Å². The Morgan fingerprint density at radius 2 is 2.23 bits per heavy atom. The number of fused-ring (bicyclic) bond motifs is 1. The molecule has 4 heterocycles. The molecule has 0 aromatic carbocycles. The third kappa shape index (κ3) is 3.43. The van der Waals surface area contributed by atoms with Crippen LogP contribution in [-0.2, 0) is 25.6 Å². The molecule has 0 spiro atoms. The van der Waals surface area contributed by atoms with Gasteiger partial charge >= 0.3 is 13.4 Å². The molecule has 4 rings (SSSR count). The Morgan fingerprint density at radius 1 is 1.47 bits per heavy atom. The Bertz CT molecular complexity index is 1100. The van der Waals surface area contributed by atoms with Crippen molar-refractivity contribution in [1.82, 2.24) is 23.9 Å². The number of aliphatic hydroxyl groups is 1. The molecule has 1 aliphatic heterocycles. The quantitative estimate of drug-likeness (QED) is 0.285. The molecular formula is C15H20N7O7P. The van der Waals surface area contributed by atoms with E-state index in [2.05, 4.69) is 15.0 Å². The maximum atomic E-state index is 12.3. The number of ether oxygens (including phenoxy) is 2. The van der Waals surface area contributed by atoms with Crippen LogP contribution >= 0.6 is 7.75 Å². The van der Waals surface area contributed by atoms with Crippen molar-refractivity contribution >= 4 is 24.9 Å². The van der Waals surface area contributed by atoms with Gasteiger partial charge in [-0.15, -0.1) is 0 Å². The van der Waals surface area contributed by atoms with E-state index < -0.39 is 38.2 Å². The van der Waals surface area contributed by atoms with Crippen molar-refractivity contribution in [3.8, 4) is 5.88 Å². The summed E-state index contributed by atoms with van der Waals surface area (Å²) in [6, 6.07) is 0. The van der Waals surface area contributed by atoms with E-state index in [4.69, 9.17) is 19.7 Å². The number of anilines is 1. The first-order valence-corrected chi connectivity index (χ1v) is 10.3. The number of methoxy groups -OCH3 is 1. The molecule has 162 valence electrons. The number of nitrogens with zero attached hydrogens (tertiary/aromatic N) is 6. The Hall–Kier alpha value is -2.61. The monoisotopic (exact) mass is 441 g/mol. The Labute approximate surface area is 169 Å². The molecule has 1 saturated heterocycles. The molecule has 5 atom stereocenters. The van der Waals surface area contributed by atoms with Crippen molar-refractivity contribution in [3.05, 3.63) is 25.0 Å². The van der Waals surface area contributed by atoms with Crippen LogP contribution in [0.5, 0.6) is 5.88 Å². The highest BCUT2D eigenvalue weighted by atomic mass is 31.2. The normalized spacial score (nSPS) is 26.3. The van der Waals surface area contributed by atoms with E-state index in [0.717, 1.165) is 10.7 Å². The van der Waals surface area contributed by atoms with Crippen molar-refractivity contribution < 1.29 is 38.2 Å². The van der Waals surface area contributed by atoms with Gasteiger partial charge in [0.15, 0.2) is 11.8 Å². The summed E-state index contributed by atoms with van der Waals surface area (Å²) in [6.07, 6.45) is 1.29. The summed E-state index contributed by atoms with van der Waals surface area (Å²) in [5.74, 6) is -0.791. The van der Waals surface area contributed by atoms with E-state index in [1.165, 1.54) is 35.0 Å². The van der Waals surface area contributed by atoms with Gasteiger partial charge in [0, 0.05) is 25.4 Å². The average molecular weight is 441 g/mol. The summed E-state index contributed by atoms with van der Waals surface area (Å²) in [7, 11) is -1.22. The number of aromatic nitrogens is 6. The zero-order valence-electron chi connectivity index (χ0n) is 16.0. The topological polar surface area (TPSA) is 187 Å². The van der Waals surface area contributed by atoms with Gasteiger partial charge in [-0.3, -0.25) is 9.09 Å². The van der Waals surface area contributed by atoms with Gasteiger partial charge in [-0.25, -0.2) is 23.4 Å². The van der Waals surface area contributed by atoms with Gasteiger partial charge in [0.2, 0.25) is 6.23 Å². The third-order valence-corrected chi connectivity index (χ3v) is 6.10. The number of nitrogens with two attached hydrogens (primary N) is 1. The number of nitrogen functional groups attached to an aromatic ring is 1. The minimum Gasteiger partial charge on any atom is -0.856 e. The van der Waals surface area contributed by atoms with E-state index in [1.807, 2.05) is 0 Å². The van der Waals surface area contributed by atoms with Crippen LogP contribution in [0.3, 0.4) is 0 Å². The first kappa shape index (κ1) is 20.7. The molecule has 3 aromatic heterocycles. The lowest BCUT2D eigenvalue weighted by molar-refractivity contribution is -0.745. The van der Waals surface area contributed by atoms with Crippen LogP contribution in [0.25, 0.3) is 11.2 Å². The Kier molecular flexibility index (Phi) is 5.22. The average Bonchev–Trinajstić information content (AvgIpc) is 3.39. The Morgan fingerprint density at radius 3 is 2.90 bits per heavy atom. The zero-order valence-corrected chi connectivity index (χ0v) is 16.9. The highest BCUT2D eigenvalue weighted by molar-refractivity contribution is 7.51. The minimum absolute atomic E-state index is 0.168. The number of rotatable bonds is 6. The van der Waals surface area contributed by atoms with Gasteiger partial charge in [-0.2, -0.15) is 0 Å². The summed E-state index contributed by atoms with van der Waals surface area (Å²) in [6.45, 7) is -0.354. The summed E-state index contributed by atoms with van der Waals surface area (Å²) < 4.78 is 32.5. The number of aryl methyl sites for hydroxylation is 1. The molecule has 0 aliphatic carbocycles. The molecule has 0 amide bonds. The van der Waals surface area contributed by atoms with Crippen molar-refractivity contribution in [3.63, 3.8) is 0 Å². The smallest absolute Gasteiger partial charge is 0.437 e. The fourth-order valence-electron chi connectivity index (χ4n) is 3.43. The van der Waals surface area contributed by atoms with Gasteiger partial charge in [0.25, 0.3) is 5.95 Å². The van der Waals surface area contributed by atoms with Crippen LogP contribution in [0, 0.1) is 0 Å². The molecule has 0 saturated carbocycles. The third-order valence-electron chi connectivity index (χ3n) is 4.79. The van der Waals surface area contributed by atoms with Gasteiger partial charge < -0.3 is 30.3 Å². The van der Waals surface area contributed by atoms with Crippen molar-refractivity contribution in [2.24, 2.45) is 7.05 Å². The summed E-state index contributed by atoms with van der Waals surface area (Å²) in [5, 5.41) is 22.9. The molecule has 0 bridgehead atoms. The SMILES string of the molecule is COC1C(COP(=O)(O)n2ccnc2)OC([n+]2cn(C)c3c([O-])nc(N)nc32)C1O. The first-order chi connectivity index (χ1) is 14.2. The van der Waals surface area contributed by atoms with E-state index in [0.29, 0.717) is 0 Å². The second kappa shape index (κ2) is 7.58. The van der Waals surface area contributed by atoms with Crippen LogP contribution in [0.2, 0.25) is 0 Å². The molecule has 14 nitrogen and oxygen atoms in total. The molecule has 4 N–H and O–H groups in total. The second-order valence-corrected chi connectivity index (χ2v) is 8.38. The van der Waals surface area contributed by atoms with Crippen molar-refractivity contribution in [2.45, 2.75) is 24.5 Å². The van der Waals surface area contributed by atoms with E-state index in [-0.39, 0.29) is 23.7 Å². The van der Waals surface area contributed by atoms with Crippen LogP contribution in [0.1, 0.15) is 6.23 Å². The molecule has 15 heteroatoms. The van der Waals surface area contributed by atoms with Crippen LogP contribution in [0.15, 0.2) is 25.0 Å². The van der Waals surface area contributed by atoms with Crippen molar-refractivity contribution in [1.29, 1.82) is 0 Å². The maximum absolute atomic E-state index is 12.3. The van der Waals surface area contributed by atoms with Gasteiger partial charge in [0.1, 0.15) is 24.6 Å². The maximum Gasteiger partial charge on any atom is 0.437 e. The number of imidazole rings is 2. The van der Waals surface area contributed by atoms with Crippen LogP contribution in [-0.4, -0.2) is 65.9 Å².